The van der Waals surface area contributed by atoms with Crippen molar-refractivity contribution in [2.75, 3.05) is 5.32 Å². The van der Waals surface area contributed by atoms with E-state index in [2.05, 4.69) is 28.4 Å². The highest BCUT2D eigenvalue weighted by molar-refractivity contribution is 7.22. The predicted octanol–water partition coefficient (Wildman–Crippen LogP) is 4.31. The van der Waals surface area contributed by atoms with E-state index in [1.54, 1.807) is 23.5 Å². The number of oxazole rings is 1. The van der Waals surface area contributed by atoms with Crippen molar-refractivity contribution in [1.82, 2.24) is 9.97 Å². The molecule has 3 aromatic rings. The van der Waals surface area contributed by atoms with Gasteiger partial charge in [-0.25, -0.2) is 4.98 Å². The quantitative estimate of drug-likeness (QED) is 0.766. The summed E-state index contributed by atoms with van der Waals surface area (Å²) in [4.78, 5) is 8.72. The van der Waals surface area contributed by atoms with Gasteiger partial charge in [0.05, 0.1) is 10.2 Å². The largest absolute Gasteiger partial charge is 0.423 e. The van der Waals surface area contributed by atoms with Gasteiger partial charge in [0.2, 0.25) is 0 Å². The molecule has 0 saturated heterocycles. The zero-order valence-corrected chi connectivity index (χ0v) is 10.9. The fourth-order valence-corrected chi connectivity index (χ4v) is 2.56. The van der Waals surface area contributed by atoms with Gasteiger partial charge in [-0.1, -0.05) is 36.6 Å². The number of benzene rings is 1. The Morgan fingerprint density at radius 1 is 1.16 bits per heavy atom. The summed E-state index contributed by atoms with van der Waals surface area (Å²) >= 11 is 1.55. The summed E-state index contributed by atoms with van der Waals surface area (Å²) in [6, 6.07) is 8.34. The van der Waals surface area contributed by atoms with Gasteiger partial charge in [0.25, 0.3) is 0 Å². The Bertz CT molecular complexity index is 698. The molecule has 0 unspecified atom stereocenters. The molecule has 1 N–H and O–H groups in total. The molecule has 0 amide bonds. The first-order valence-corrected chi connectivity index (χ1v) is 6.50. The number of aromatic nitrogens is 2. The Morgan fingerprint density at radius 3 is 2.68 bits per heavy atom. The van der Waals surface area contributed by atoms with E-state index in [0.29, 0.717) is 17.5 Å². The molecule has 19 heavy (non-hydrogen) atoms. The Labute approximate surface area is 114 Å². The van der Waals surface area contributed by atoms with Crippen molar-refractivity contribution >= 4 is 44.9 Å². The molecule has 0 atom stereocenters. The highest BCUT2D eigenvalue weighted by atomic mass is 32.1. The van der Waals surface area contributed by atoms with Crippen LogP contribution in [0.4, 0.5) is 11.1 Å². The van der Waals surface area contributed by atoms with Crippen molar-refractivity contribution in [2.24, 2.45) is 0 Å². The van der Waals surface area contributed by atoms with E-state index < -0.39 is 0 Å². The minimum absolute atomic E-state index is 0.392. The second-order valence-corrected chi connectivity index (χ2v) is 4.82. The number of thiazole rings is 1. The lowest BCUT2D eigenvalue weighted by atomic mass is 10.3. The molecule has 2 heterocycles. The molecule has 5 heteroatoms. The maximum absolute atomic E-state index is 5.51. The molecule has 94 valence electrons. The zero-order chi connectivity index (χ0) is 13.2. The van der Waals surface area contributed by atoms with Crippen LogP contribution < -0.4 is 5.32 Å². The second-order valence-electron chi connectivity index (χ2n) is 3.79. The van der Waals surface area contributed by atoms with Gasteiger partial charge in [-0.2, -0.15) is 4.98 Å². The third kappa shape index (κ3) is 2.15. The first kappa shape index (κ1) is 11.7. The lowest BCUT2D eigenvalue weighted by molar-refractivity contribution is 0.567. The molecule has 3 rings (SSSR count). The fraction of sp³-hybridized carbons (Fsp3) is 0. The Morgan fingerprint density at radius 2 is 2.00 bits per heavy atom. The first-order chi connectivity index (χ1) is 9.30. The molecule has 0 fully saturated rings. The SMILES string of the molecule is C=Cc1nc(Nc2nc3ccccc3s2)oc1C=C. The number of nitrogens with one attached hydrogen (secondary N) is 1. The number of anilines is 2. The van der Waals surface area contributed by atoms with Gasteiger partial charge in [-0.15, -0.1) is 0 Å². The topological polar surface area (TPSA) is 51.0 Å². The van der Waals surface area contributed by atoms with E-state index in [9.17, 15) is 0 Å². The molecule has 1 aromatic carbocycles. The highest BCUT2D eigenvalue weighted by Crippen LogP contribution is 2.28. The van der Waals surface area contributed by atoms with Crippen LogP contribution in [0.5, 0.6) is 0 Å². The van der Waals surface area contributed by atoms with E-state index in [1.807, 2.05) is 24.3 Å². The number of para-hydroxylation sites is 1. The number of hydrogen-bond acceptors (Lipinski definition) is 5. The summed E-state index contributed by atoms with van der Waals surface area (Å²) in [5, 5.41) is 3.80. The van der Waals surface area contributed by atoms with Crippen LogP contribution in [-0.4, -0.2) is 9.97 Å². The van der Waals surface area contributed by atoms with Crippen LogP contribution in [0, 0.1) is 0 Å². The van der Waals surface area contributed by atoms with Gasteiger partial charge < -0.3 is 4.42 Å². The second kappa shape index (κ2) is 4.70. The van der Waals surface area contributed by atoms with Crippen molar-refractivity contribution in [3.63, 3.8) is 0 Å². The molecule has 4 nitrogen and oxygen atoms in total. The molecule has 0 aliphatic rings. The minimum atomic E-state index is 0.392. The maximum atomic E-state index is 5.51. The van der Waals surface area contributed by atoms with Gasteiger partial charge in [0.15, 0.2) is 10.9 Å². The van der Waals surface area contributed by atoms with Crippen LogP contribution in [0.15, 0.2) is 41.8 Å². The standard InChI is InChI=1S/C14H11N3OS/c1-3-9-11(4-2)18-13(15-9)17-14-16-10-7-5-6-8-12(10)19-14/h3-8H,1-2H2,(H,15,16,17). The Balaban J connectivity index is 1.94. The number of rotatable bonds is 4. The summed E-state index contributed by atoms with van der Waals surface area (Å²) in [7, 11) is 0. The molecule has 0 spiro atoms. The van der Waals surface area contributed by atoms with Crippen molar-refractivity contribution in [1.29, 1.82) is 0 Å². The predicted molar refractivity (Wildman–Crippen MR) is 79.6 cm³/mol. The molecule has 0 aliphatic heterocycles. The van der Waals surface area contributed by atoms with Crippen molar-refractivity contribution < 1.29 is 4.42 Å². The number of nitrogens with zero attached hydrogens (tertiary/aromatic N) is 2. The van der Waals surface area contributed by atoms with Crippen LogP contribution in [0.25, 0.3) is 22.4 Å². The van der Waals surface area contributed by atoms with Crippen molar-refractivity contribution in [3.8, 4) is 0 Å². The fourth-order valence-electron chi connectivity index (χ4n) is 1.71. The molecule has 0 saturated carbocycles. The minimum Gasteiger partial charge on any atom is -0.423 e. The van der Waals surface area contributed by atoms with E-state index >= 15 is 0 Å². The zero-order valence-electron chi connectivity index (χ0n) is 10.1. The van der Waals surface area contributed by atoms with Crippen LogP contribution in [0.2, 0.25) is 0 Å². The third-order valence-corrected chi connectivity index (χ3v) is 3.52. The van der Waals surface area contributed by atoms with Crippen LogP contribution >= 0.6 is 11.3 Å². The molecule has 0 radical (unpaired) electrons. The van der Waals surface area contributed by atoms with Crippen molar-refractivity contribution in [3.05, 3.63) is 48.9 Å². The molecule has 0 bridgehead atoms. The lowest BCUT2D eigenvalue weighted by Crippen LogP contribution is -1.88. The average molecular weight is 269 g/mol. The number of fused-ring (bicyclic) bond motifs is 1. The van der Waals surface area contributed by atoms with Gasteiger partial charge in [-0.05, 0) is 24.3 Å². The molecular weight excluding hydrogens is 258 g/mol. The van der Waals surface area contributed by atoms with E-state index in [1.165, 1.54) is 0 Å². The molecular formula is C14H11N3OS. The van der Waals surface area contributed by atoms with Crippen molar-refractivity contribution in [2.45, 2.75) is 0 Å². The third-order valence-electron chi connectivity index (χ3n) is 2.57. The Hall–Kier alpha value is -2.40. The smallest absolute Gasteiger partial charge is 0.302 e. The Kier molecular flexibility index (Phi) is 2.89. The summed E-state index contributed by atoms with van der Waals surface area (Å²) in [6.07, 6.45) is 3.23. The number of hydrogen-bond donors (Lipinski definition) is 1. The maximum Gasteiger partial charge on any atom is 0.302 e. The molecule has 2 aromatic heterocycles. The van der Waals surface area contributed by atoms with Gasteiger partial charge >= 0.3 is 6.01 Å². The summed E-state index contributed by atoms with van der Waals surface area (Å²) in [5.41, 5.74) is 1.62. The summed E-state index contributed by atoms with van der Waals surface area (Å²) < 4.78 is 6.63. The van der Waals surface area contributed by atoms with E-state index in [4.69, 9.17) is 4.42 Å². The van der Waals surface area contributed by atoms with E-state index in [0.717, 1.165) is 15.3 Å². The highest BCUT2D eigenvalue weighted by Gasteiger charge is 2.10. The van der Waals surface area contributed by atoms with Gasteiger partial charge in [-0.3, -0.25) is 5.32 Å². The first-order valence-electron chi connectivity index (χ1n) is 5.68. The normalized spacial score (nSPS) is 10.5. The van der Waals surface area contributed by atoms with Crippen LogP contribution in [0.1, 0.15) is 11.5 Å². The summed E-state index contributed by atoms with van der Waals surface area (Å²) in [5.74, 6) is 0.596. The van der Waals surface area contributed by atoms with E-state index in [-0.39, 0.29) is 0 Å². The van der Waals surface area contributed by atoms with Crippen LogP contribution in [-0.2, 0) is 0 Å². The van der Waals surface area contributed by atoms with Gasteiger partial charge in [0, 0.05) is 0 Å². The lowest BCUT2D eigenvalue weighted by Gasteiger charge is -1.93. The summed E-state index contributed by atoms with van der Waals surface area (Å²) in [6.45, 7) is 7.36. The average Bonchev–Trinajstić information content (AvgIpc) is 3.01. The molecule has 0 aliphatic carbocycles. The van der Waals surface area contributed by atoms with Gasteiger partial charge in [0.1, 0.15) is 5.69 Å². The monoisotopic (exact) mass is 269 g/mol. The van der Waals surface area contributed by atoms with Crippen LogP contribution in [0.3, 0.4) is 0 Å².